The van der Waals surface area contributed by atoms with Gasteiger partial charge in [-0.05, 0) is 89.6 Å². The predicted molar refractivity (Wildman–Crippen MR) is 208 cm³/mol. The molecule has 10 aromatic rings. The molecule has 10 rings (SSSR count). The van der Waals surface area contributed by atoms with Crippen LogP contribution in [-0.2, 0) is 0 Å². The molecule has 0 saturated heterocycles. The summed E-state index contributed by atoms with van der Waals surface area (Å²) < 4.78 is 123. The minimum atomic E-state index is -0.572. The second kappa shape index (κ2) is 11.1. The van der Waals surface area contributed by atoms with Crippen molar-refractivity contribution in [3.05, 3.63) is 182 Å². The van der Waals surface area contributed by atoms with E-state index in [0.717, 1.165) is 0 Å². The number of hydrogen-bond donors (Lipinski definition) is 0. The molecule has 228 valence electrons. The van der Waals surface area contributed by atoms with Crippen LogP contribution in [0, 0.1) is 0 Å². The summed E-state index contributed by atoms with van der Waals surface area (Å²) in [4.78, 5) is 0. The Morgan fingerprint density at radius 1 is 0.367 bits per heavy atom. The summed E-state index contributed by atoms with van der Waals surface area (Å²) in [7, 11) is 0. The van der Waals surface area contributed by atoms with Crippen molar-refractivity contribution in [3.8, 4) is 44.5 Å². The molecule has 1 aromatic heterocycles. The highest BCUT2D eigenvalue weighted by molar-refractivity contribution is 6.23. The average molecular weight is 636 g/mol. The summed E-state index contributed by atoms with van der Waals surface area (Å²) in [6.45, 7) is 0. The fourth-order valence-corrected chi connectivity index (χ4v) is 6.84. The summed E-state index contributed by atoms with van der Waals surface area (Å²) >= 11 is 0. The molecule has 0 amide bonds. The fraction of sp³-hybridized carbons (Fsp3) is 0. The first-order chi connectivity index (χ1) is 29.8. The van der Waals surface area contributed by atoms with Gasteiger partial charge in [-0.3, -0.25) is 0 Å². The lowest BCUT2D eigenvalue weighted by molar-refractivity contribution is 0.672. The molecule has 0 saturated carbocycles. The monoisotopic (exact) mass is 635 g/mol. The zero-order valence-electron chi connectivity index (χ0n) is 38.7. The van der Waals surface area contributed by atoms with Gasteiger partial charge in [-0.2, -0.15) is 0 Å². The van der Waals surface area contributed by atoms with E-state index >= 15 is 0 Å². The van der Waals surface area contributed by atoms with Crippen molar-refractivity contribution in [1.29, 1.82) is 0 Å². The summed E-state index contributed by atoms with van der Waals surface area (Å²) in [5, 5.41) is 2.06. The van der Waals surface area contributed by atoms with E-state index in [9.17, 15) is 6.85 Å². The van der Waals surface area contributed by atoms with Crippen LogP contribution in [0.4, 0.5) is 0 Å². The molecule has 0 N–H and O–H groups in total. The first kappa shape index (κ1) is 17.6. The van der Waals surface area contributed by atoms with Crippen molar-refractivity contribution in [1.82, 2.24) is 0 Å². The molecule has 49 heavy (non-hydrogen) atoms. The smallest absolute Gasteiger partial charge is 0.143 e. The highest BCUT2D eigenvalue weighted by Gasteiger charge is 2.20. The Morgan fingerprint density at radius 3 is 1.69 bits per heavy atom. The Balaban J connectivity index is 1.30. The first-order valence-electron chi connectivity index (χ1n) is 22.3. The van der Waals surface area contributed by atoms with Gasteiger partial charge in [0.25, 0.3) is 0 Å². The summed E-state index contributed by atoms with van der Waals surface area (Å²) in [6, 6.07) is 26.1. The van der Waals surface area contributed by atoms with Crippen LogP contribution in [0.5, 0.6) is 0 Å². The molecule has 0 unspecified atom stereocenters. The Hall–Kier alpha value is -6.44. The lowest BCUT2D eigenvalue weighted by atomic mass is 9.83. The quantitative estimate of drug-likeness (QED) is 0.175. The van der Waals surface area contributed by atoms with Crippen molar-refractivity contribution in [2.75, 3.05) is 0 Å². The van der Waals surface area contributed by atoms with E-state index in [1.54, 1.807) is 36.4 Å². The Kier molecular flexibility index (Phi) is 3.99. The van der Waals surface area contributed by atoms with E-state index in [2.05, 4.69) is 0 Å². The lowest BCUT2D eigenvalue weighted by Crippen LogP contribution is -1.92. The second-order valence-electron chi connectivity index (χ2n) is 11.8. The molecular weight excluding hydrogens is 593 g/mol. The van der Waals surface area contributed by atoms with Gasteiger partial charge >= 0.3 is 0 Å². The van der Waals surface area contributed by atoms with Crippen molar-refractivity contribution < 1.29 is 22.2 Å². The van der Waals surface area contributed by atoms with E-state index in [0.29, 0.717) is 49.4 Å². The van der Waals surface area contributed by atoms with Gasteiger partial charge in [-0.15, -0.1) is 0 Å². The van der Waals surface area contributed by atoms with E-state index in [-0.39, 0.29) is 85.7 Å². The standard InChI is InChI=1S/C48H30O/c1-2-12-31(13-3-1)32-22-24-34(25-23-32)36-15-6-7-17-38(36)47-41-20-10-8-18-39(41)46(40-19-9-11-21-42(40)47)35-27-29-45-44(30-35)43-28-26-33-14-4-5-16-37(33)48(43)49-45/h1-30H/i4D,5D,14D,16D,22D,23D,24D,25D,26D,27D,28D,29D,30D. The molecule has 1 heteroatoms. The van der Waals surface area contributed by atoms with E-state index in [1.807, 2.05) is 66.7 Å². The lowest BCUT2D eigenvalue weighted by Gasteiger charge is -2.20. The molecule has 1 nitrogen and oxygen atoms in total. The van der Waals surface area contributed by atoms with Gasteiger partial charge in [0.1, 0.15) is 11.2 Å². The maximum atomic E-state index is 9.81. The summed E-state index contributed by atoms with van der Waals surface area (Å²) in [6.07, 6.45) is 0. The molecule has 0 aliphatic rings. The van der Waals surface area contributed by atoms with Gasteiger partial charge in [0, 0.05) is 16.2 Å². The van der Waals surface area contributed by atoms with Crippen LogP contribution in [0.25, 0.3) is 98.8 Å². The largest absolute Gasteiger partial charge is 0.455 e. The molecule has 0 bridgehead atoms. The average Bonchev–Trinajstić information content (AvgIpc) is 3.69. The van der Waals surface area contributed by atoms with E-state index < -0.39 is 42.3 Å². The van der Waals surface area contributed by atoms with Crippen LogP contribution in [0.15, 0.2) is 186 Å². The molecule has 0 aliphatic heterocycles. The summed E-state index contributed by atoms with van der Waals surface area (Å²) in [5.41, 5.74) is 2.78. The number of fused-ring (bicyclic) bond motifs is 7. The maximum Gasteiger partial charge on any atom is 0.143 e. The van der Waals surface area contributed by atoms with Crippen LogP contribution in [0.1, 0.15) is 17.8 Å². The van der Waals surface area contributed by atoms with E-state index in [4.69, 9.17) is 15.4 Å². The topological polar surface area (TPSA) is 13.1 Å². The second-order valence-corrected chi connectivity index (χ2v) is 11.8. The summed E-state index contributed by atoms with van der Waals surface area (Å²) in [5.74, 6) is 0. The number of hydrogen-bond acceptors (Lipinski definition) is 1. The highest BCUT2D eigenvalue weighted by atomic mass is 16.3. The van der Waals surface area contributed by atoms with Crippen molar-refractivity contribution in [2.45, 2.75) is 0 Å². The normalized spacial score (nSPS) is 15.4. The zero-order chi connectivity index (χ0) is 43.6. The highest BCUT2D eigenvalue weighted by Crippen LogP contribution is 2.47. The van der Waals surface area contributed by atoms with Crippen LogP contribution in [-0.4, -0.2) is 0 Å². The number of rotatable bonds is 4. The third-order valence-corrected chi connectivity index (χ3v) is 9.02. The number of furan rings is 1. The van der Waals surface area contributed by atoms with Crippen LogP contribution < -0.4 is 0 Å². The predicted octanol–water partition coefficient (Wildman–Crippen LogP) is 13.7. The van der Waals surface area contributed by atoms with Gasteiger partial charge in [0.05, 0.1) is 17.8 Å². The van der Waals surface area contributed by atoms with Gasteiger partial charge in [-0.1, -0.05) is 164 Å². The molecule has 0 atom stereocenters. The van der Waals surface area contributed by atoms with Gasteiger partial charge in [0.15, 0.2) is 0 Å². The van der Waals surface area contributed by atoms with Crippen LogP contribution in [0.3, 0.4) is 0 Å². The Morgan fingerprint density at radius 2 is 0.959 bits per heavy atom. The van der Waals surface area contributed by atoms with Crippen molar-refractivity contribution in [3.63, 3.8) is 0 Å². The fourth-order valence-electron chi connectivity index (χ4n) is 6.84. The van der Waals surface area contributed by atoms with Crippen LogP contribution in [0.2, 0.25) is 0 Å². The van der Waals surface area contributed by atoms with Crippen molar-refractivity contribution in [2.24, 2.45) is 0 Å². The minimum absolute atomic E-state index is 0.0336. The third kappa shape index (κ3) is 4.40. The Bertz CT molecular complexity index is 3530. The maximum absolute atomic E-state index is 9.81. The molecule has 0 radical (unpaired) electrons. The molecule has 0 spiro atoms. The minimum Gasteiger partial charge on any atom is -0.455 e. The van der Waals surface area contributed by atoms with E-state index in [1.165, 1.54) is 0 Å². The SMILES string of the molecule is [2H]c1c([2H])c(-c2ccccc2-c2c3ccccc3c(-c3c([2H])c([2H])c4oc5c6c([2H])c([2H])c([2H])c([2H])c6c([2H])c([2H])c5c4c3[2H])c3ccccc23)c([2H])c([2H])c1-c1ccccc1. The van der Waals surface area contributed by atoms with Gasteiger partial charge in [-0.25, -0.2) is 0 Å². The van der Waals surface area contributed by atoms with Gasteiger partial charge in [0.2, 0.25) is 0 Å². The third-order valence-electron chi connectivity index (χ3n) is 9.02. The molecule has 9 aromatic carbocycles. The Labute approximate surface area is 302 Å². The van der Waals surface area contributed by atoms with Crippen molar-refractivity contribution >= 4 is 54.3 Å². The zero-order valence-corrected chi connectivity index (χ0v) is 25.7. The molecule has 0 fully saturated rings. The molecule has 0 aliphatic carbocycles. The van der Waals surface area contributed by atoms with Crippen LogP contribution >= 0.6 is 0 Å². The number of benzene rings is 9. The molecule has 1 heterocycles. The first-order valence-corrected chi connectivity index (χ1v) is 15.8. The molecular formula is C48H30O. The van der Waals surface area contributed by atoms with Gasteiger partial charge < -0.3 is 4.42 Å².